The topological polar surface area (TPSA) is 91.0 Å². The summed E-state index contributed by atoms with van der Waals surface area (Å²) in [4.78, 5) is 32.8. The Balaban J connectivity index is 1.26. The van der Waals surface area contributed by atoms with Gasteiger partial charge in [-0.25, -0.2) is 0 Å². The fourth-order valence-electron chi connectivity index (χ4n) is 6.10. The fraction of sp³-hybridized carbons (Fsp3) is 0.212. The molecule has 0 spiro atoms. The first-order valence-electron chi connectivity index (χ1n) is 13.9. The normalized spacial score (nSPS) is 16.8. The van der Waals surface area contributed by atoms with Gasteiger partial charge < -0.3 is 9.88 Å². The van der Waals surface area contributed by atoms with Crippen LogP contribution in [0.2, 0.25) is 5.02 Å². The number of fused-ring (bicyclic) bond motifs is 2. The van der Waals surface area contributed by atoms with Gasteiger partial charge in [-0.1, -0.05) is 41.9 Å². The molecule has 0 aliphatic carbocycles. The Morgan fingerprint density at radius 1 is 1.05 bits per heavy atom. The lowest BCUT2D eigenvalue weighted by Gasteiger charge is -2.32. The average molecular weight is 592 g/mol. The molecule has 5 heterocycles. The number of piperidine rings is 1. The molecular weight excluding hydrogens is 566 g/mol. The van der Waals surface area contributed by atoms with E-state index in [0.29, 0.717) is 17.1 Å². The number of carbonyl (C=O) groups excluding carboxylic acids is 2. The van der Waals surface area contributed by atoms with Crippen LogP contribution in [-0.2, 0) is 22.7 Å². The van der Waals surface area contributed by atoms with Crippen LogP contribution in [0.3, 0.4) is 0 Å². The first-order valence-corrected chi connectivity index (χ1v) is 15.1. The number of nitrogens with zero attached hydrogens (tertiary/aromatic N) is 4. The van der Waals surface area contributed by atoms with Crippen LogP contribution < -0.4 is 5.32 Å². The molecule has 0 bridgehead atoms. The maximum atomic E-state index is 13.2. The Kier molecular flexibility index (Phi) is 6.66. The van der Waals surface area contributed by atoms with Gasteiger partial charge in [-0.2, -0.15) is 5.26 Å². The number of nitrogens with one attached hydrogen (secondary N) is 1. The second kappa shape index (κ2) is 10.5. The average Bonchev–Trinajstić information content (AvgIpc) is 3.69. The van der Waals surface area contributed by atoms with Crippen LogP contribution in [0.25, 0.3) is 37.8 Å². The molecule has 1 saturated heterocycles. The summed E-state index contributed by atoms with van der Waals surface area (Å²) in [6.45, 7) is 2.44. The second-order valence-electron chi connectivity index (χ2n) is 10.9. The zero-order valence-corrected chi connectivity index (χ0v) is 24.2. The van der Waals surface area contributed by atoms with Crippen molar-refractivity contribution in [1.29, 1.82) is 5.26 Å². The molecule has 0 saturated carbocycles. The third kappa shape index (κ3) is 4.60. The van der Waals surface area contributed by atoms with Gasteiger partial charge in [0.25, 0.3) is 11.8 Å². The number of rotatable bonds is 6. The zero-order chi connectivity index (χ0) is 28.8. The van der Waals surface area contributed by atoms with Crippen molar-refractivity contribution < 1.29 is 9.59 Å². The van der Waals surface area contributed by atoms with Gasteiger partial charge in [0.2, 0.25) is 0 Å². The lowest BCUT2D eigenvalue weighted by molar-refractivity contribution is -0.137. The molecule has 7 rings (SSSR count). The third-order valence-corrected chi connectivity index (χ3v) is 9.62. The largest absolute Gasteiger partial charge is 0.345 e. The van der Waals surface area contributed by atoms with E-state index in [1.165, 1.54) is 22.3 Å². The molecular formula is C33H26ClN5O2S. The van der Waals surface area contributed by atoms with Crippen LogP contribution in [0.15, 0.2) is 79.1 Å². The molecule has 42 heavy (non-hydrogen) atoms. The van der Waals surface area contributed by atoms with Crippen molar-refractivity contribution in [2.24, 2.45) is 5.41 Å². The van der Waals surface area contributed by atoms with Gasteiger partial charge in [0.05, 0.1) is 39.3 Å². The highest BCUT2D eigenvalue weighted by Gasteiger charge is 2.34. The van der Waals surface area contributed by atoms with Gasteiger partial charge in [0, 0.05) is 51.4 Å². The van der Waals surface area contributed by atoms with E-state index in [4.69, 9.17) is 11.6 Å². The third-order valence-electron chi connectivity index (χ3n) is 8.26. The summed E-state index contributed by atoms with van der Waals surface area (Å²) < 4.78 is 3.14. The molecule has 9 heteroatoms. The summed E-state index contributed by atoms with van der Waals surface area (Å²) in [6, 6.07) is 21.8. The molecule has 0 unspecified atom stereocenters. The summed E-state index contributed by atoms with van der Waals surface area (Å²) in [5.41, 5.74) is 4.46. The number of aromatic nitrogens is 2. The van der Waals surface area contributed by atoms with E-state index in [1.807, 2.05) is 60.8 Å². The quantitative estimate of drug-likeness (QED) is 0.230. The first kappa shape index (κ1) is 26.6. The van der Waals surface area contributed by atoms with Crippen molar-refractivity contribution >= 4 is 61.4 Å². The molecule has 1 fully saturated rings. The van der Waals surface area contributed by atoms with Gasteiger partial charge in [0.15, 0.2) is 0 Å². The van der Waals surface area contributed by atoms with Gasteiger partial charge in [-0.05, 0) is 61.8 Å². The molecule has 1 N–H and O–H groups in total. The number of carbonyl (C=O) groups is 2. The Bertz CT molecular complexity index is 1950. The smallest absolute Gasteiger partial charge is 0.261 e. The molecule has 208 valence electrons. The lowest BCUT2D eigenvalue weighted by Crippen LogP contribution is -2.38. The van der Waals surface area contributed by atoms with Crippen molar-refractivity contribution in [3.8, 4) is 17.2 Å². The SMILES string of the molecule is N#CC1(Cn2ccc3cc(Cl)cc(-c4ccnc5cc(CN6C(=O)C=C(c7ccccc7)C6=O)sc45)c32)CCNCC1. The number of hydrogen-bond acceptors (Lipinski definition) is 6. The van der Waals surface area contributed by atoms with Gasteiger partial charge >= 0.3 is 0 Å². The van der Waals surface area contributed by atoms with E-state index in [1.54, 1.807) is 6.20 Å². The van der Waals surface area contributed by atoms with Gasteiger partial charge in [-0.15, -0.1) is 11.3 Å². The molecule has 0 atom stereocenters. The van der Waals surface area contributed by atoms with E-state index in [9.17, 15) is 14.9 Å². The van der Waals surface area contributed by atoms with Crippen molar-refractivity contribution in [3.05, 3.63) is 94.6 Å². The van der Waals surface area contributed by atoms with Crippen LogP contribution in [0.4, 0.5) is 0 Å². The van der Waals surface area contributed by atoms with E-state index >= 15 is 0 Å². The van der Waals surface area contributed by atoms with Crippen molar-refractivity contribution in [2.45, 2.75) is 25.9 Å². The highest BCUT2D eigenvalue weighted by Crippen LogP contribution is 2.41. The van der Waals surface area contributed by atoms with Crippen LogP contribution in [0.1, 0.15) is 23.3 Å². The minimum absolute atomic E-state index is 0.172. The molecule has 2 aliphatic heterocycles. The Morgan fingerprint density at radius 3 is 2.64 bits per heavy atom. The van der Waals surface area contributed by atoms with Gasteiger partial charge in [-0.3, -0.25) is 19.5 Å². The van der Waals surface area contributed by atoms with Gasteiger partial charge in [0.1, 0.15) is 0 Å². The second-order valence-corrected chi connectivity index (χ2v) is 12.5. The Morgan fingerprint density at radius 2 is 1.86 bits per heavy atom. The van der Waals surface area contributed by atoms with Crippen molar-refractivity contribution in [1.82, 2.24) is 19.8 Å². The number of halogens is 1. The lowest BCUT2D eigenvalue weighted by atomic mass is 9.80. The number of imide groups is 1. The summed E-state index contributed by atoms with van der Waals surface area (Å²) in [5.74, 6) is -0.612. The number of thiophene rings is 1. The molecule has 5 aromatic rings. The zero-order valence-electron chi connectivity index (χ0n) is 22.6. The monoisotopic (exact) mass is 591 g/mol. The summed E-state index contributed by atoms with van der Waals surface area (Å²) in [7, 11) is 0. The number of pyridine rings is 1. The number of nitriles is 1. The maximum absolute atomic E-state index is 13.2. The summed E-state index contributed by atoms with van der Waals surface area (Å²) >= 11 is 8.15. The summed E-state index contributed by atoms with van der Waals surface area (Å²) in [6.07, 6.45) is 6.84. The van der Waals surface area contributed by atoms with E-state index in [-0.39, 0.29) is 18.4 Å². The Labute approximate surface area is 251 Å². The molecule has 2 aliphatic rings. The molecule has 0 radical (unpaired) electrons. The molecule has 3 aromatic heterocycles. The van der Waals surface area contributed by atoms with E-state index in [2.05, 4.69) is 27.0 Å². The van der Waals surface area contributed by atoms with Crippen LogP contribution in [0.5, 0.6) is 0 Å². The van der Waals surface area contributed by atoms with Crippen LogP contribution in [-0.4, -0.2) is 39.4 Å². The van der Waals surface area contributed by atoms with Crippen LogP contribution in [0, 0.1) is 16.7 Å². The standard InChI is InChI=1S/C33H26ClN5O2S/c34-23-14-22-7-13-38(20-33(19-35)8-11-36-12-9-33)30(22)27(15-23)25-6-10-37-28-16-24(42-31(25)28)18-39-29(40)17-26(32(39)41)21-4-2-1-3-5-21/h1-7,10,13-17,36H,8-9,11-12,18,20H2. The first-order chi connectivity index (χ1) is 20.4. The summed E-state index contributed by atoms with van der Waals surface area (Å²) in [5, 5.41) is 15.2. The predicted molar refractivity (Wildman–Crippen MR) is 166 cm³/mol. The van der Waals surface area contributed by atoms with Crippen LogP contribution >= 0.6 is 22.9 Å². The fourth-order valence-corrected chi connectivity index (χ4v) is 7.46. The minimum Gasteiger partial charge on any atom is -0.345 e. The molecule has 2 aromatic carbocycles. The highest BCUT2D eigenvalue weighted by molar-refractivity contribution is 7.19. The minimum atomic E-state index is -0.431. The number of amides is 2. The molecule has 7 nitrogen and oxygen atoms in total. The predicted octanol–water partition coefficient (Wildman–Crippen LogP) is 6.42. The highest BCUT2D eigenvalue weighted by atomic mass is 35.5. The van der Waals surface area contributed by atoms with Crippen molar-refractivity contribution in [2.75, 3.05) is 13.1 Å². The van der Waals surface area contributed by atoms with E-state index in [0.717, 1.165) is 68.6 Å². The maximum Gasteiger partial charge on any atom is 0.261 e. The Hall–Kier alpha value is -4.29. The molecule has 2 amide bonds. The number of benzene rings is 2. The van der Waals surface area contributed by atoms with E-state index < -0.39 is 5.41 Å². The van der Waals surface area contributed by atoms with Crippen molar-refractivity contribution in [3.63, 3.8) is 0 Å². The number of hydrogen-bond donors (Lipinski definition) is 1.